The van der Waals surface area contributed by atoms with Gasteiger partial charge in [-0.2, -0.15) is 0 Å². The van der Waals surface area contributed by atoms with E-state index in [4.69, 9.17) is 9.47 Å². The largest absolute Gasteiger partial charge is 0.480 e. The average Bonchev–Trinajstić information content (AvgIpc) is 3.14. The number of hydrogen-bond donors (Lipinski definition) is 0. The fourth-order valence-corrected chi connectivity index (χ4v) is 7.00. The molecule has 7 aromatic rings. The monoisotopic (exact) mass is 590 g/mol. The van der Waals surface area contributed by atoms with E-state index in [0.717, 1.165) is 56.0 Å². The van der Waals surface area contributed by atoms with E-state index in [0.29, 0.717) is 0 Å². The molecule has 9 rings (SSSR count). The van der Waals surface area contributed by atoms with Crippen molar-refractivity contribution in [1.29, 1.82) is 0 Å². The fraction of sp³-hybridized carbons (Fsp3) is 0.0455. The van der Waals surface area contributed by atoms with Crippen molar-refractivity contribution in [1.82, 2.24) is 0 Å². The van der Waals surface area contributed by atoms with Crippen LogP contribution in [0.1, 0.15) is 45.6 Å². The quantitative estimate of drug-likeness (QED) is 0.203. The third-order valence-electron chi connectivity index (χ3n) is 9.25. The Morgan fingerprint density at radius 2 is 0.804 bits per heavy atom. The van der Waals surface area contributed by atoms with Crippen LogP contribution in [0.4, 0.5) is 0 Å². The average molecular weight is 591 g/mol. The molecule has 0 N–H and O–H groups in total. The third kappa shape index (κ3) is 4.50. The molecule has 2 nitrogen and oxygen atoms in total. The first kappa shape index (κ1) is 26.5. The van der Waals surface area contributed by atoms with Gasteiger partial charge in [0.15, 0.2) is 0 Å². The van der Waals surface area contributed by atoms with Crippen molar-refractivity contribution >= 4 is 44.8 Å². The van der Waals surface area contributed by atoms with Gasteiger partial charge < -0.3 is 9.47 Å². The van der Waals surface area contributed by atoms with E-state index in [1.807, 2.05) is 0 Å². The van der Waals surface area contributed by atoms with Crippen LogP contribution in [0.3, 0.4) is 0 Å². The Kier molecular flexibility index (Phi) is 6.31. The summed E-state index contributed by atoms with van der Waals surface area (Å²) in [6, 6.07) is 55.5. The third-order valence-corrected chi connectivity index (χ3v) is 9.25. The molecule has 0 saturated heterocycles. The summed E-state index contributed by atoms with van der Waals surface area (Å²) in [5.41, 5.74) is 9.01. The minimum absolute atomic E-state index is 0.240. The molecule has 0 aliphatic carbocycles. The van der Waals surface area contributed by atoms with Crippen molar-refractivity contribution in [3.05, 3.63) is 191 Å². The molecule has 2 unspecified atom stereocenters. The highest BCUT2D eigenvalue weighted by Crippen LogP contribution is 2.47. The van der Waals surface area contributed by atoms with Gasteiger partial charge >= 0.3 is 0 Å². The Balaban J connectivity index is 1.24. The second-order valence-corrected chi connectivity index (χ2v) is 12.0. The molecule has 218 valence electrons. The molecule has 2 aliphatic heterocycles. The van der Waals surface area contributed by atoms with Crippen molar-refractivity contribution in [3.8, 4) is 11.5 Å². The van der Waals surface area contributed by atoms with Gasteiger partial charge in [0.2, 0.25) is 0 Å². The molecule has 0 spiro atoms. The maximum Gasteiger partial charge on any atom is 0.149 e. The van der Waals surface area contributed by atoms with Crippen molar-refractivity contribution in [3.63, 3.8) is 0 Å². The molecule has 2 heterocycles. The van der Waals surface area contributed by atoms with Gasteiger partial charge in [-0.1, -0.05) is 140 Å². The molecule has 46 heavy (non-hydrogen) atoms. The molecule has 0 amide bonds. The van der Waals surface area contributed by atoms with Gasteiger partial charge in [-0.3, -0.25) is 0 Å². The topological polar surface area (TPSA) is 18.5 Å². The van der Waals surface area contributed by atoms with Crippen LogP contribution in [-0.4, -0.2) is 0 Å². The highest BCUT2D eigenvalue weighted by molar-refractivity contribution is 6.02. The van der Waals surface area contributed by atoms with Gasteiger partial charge in [0.25, 0.3) is 0 Å². The fourth-order valence-electron chi connectivity index (χ4n) is 7.00. The minimum atomic E-state index is -0.240. The Morgan fingerprint density at radius 1 is 0.370 bits per heavy atom. The number of rotatable bonds is 4. The second kappa shape index (κ2) is 10.9. The Hall–Kier alpha value is -5.86. The Bertz CT molecular complexity index is 2150. The summed E-state index contributed by atoms with van der Waals surface area (Å²) in [4.78, 5) is 0. The zero-order valence-electron chi connectivity index (χ0n) is 25.1. The lowest BCUT2D eigenvalue weighted by Gasteiger charge is -2.30. The van der Waals surface area contributed by atoms with Gasteiger partial charge in [0, 0.05) is 22.3 Å². The Labute approximate surface area is 268 Å². The van der Waals surface area contributed by atoms with Crippen LogP contribution in [0, 0.1) is 0 Å². The van der Waals surface area contributed by atoms with E-state index >= 15 is 0 Å². The van der Waals surface area contributed by atoms with E-state index < -0.39 is 0 Å². The van der Waals surface area contributed by atoms with E-state index in [1.165, 1.54) is 21.5 Å². The Morgan fingerprint density at radius 3 is 1.28 bits per heavy atom. The molecule has 0 saturated carbocycles. The number of ether oxygens (including phenoxy) is 2. The normalized spacial score (nSPS) is 16.9. The smallest absolute Gasteiger partial charge is 0.149 e. The van der Waals surface area contributed by atoms with Crippen LogP contribution in [0.15, 0.2) is 158 Å². The van der Waals surface area contributed by atoms with Crippen LogP contribution in [0.25, 0.3) is 44.8 Å². The maximum absolute atomic E-state index is 6.86. The highest BCUT2D eigenvalue weighted by Gasteiger charge is 2.29. The molecular formula is C44H30O2. The molecule has 0 radical (unpaired) electrons. The lowest BCUT2D eigenvalue weighted by atomic mass is 9.86. The first-order chi connectivity index (χ1) is 22.8. The van der Waals surface area contributed by atoms with E-state index in [-0.39, 0.29) is 12.2 Å². The van der Waals surface area contributed by atoms with Crippen molar-refractivity contribution in [2.45, 2.75) is 12.2 Å². The number of benzene rings is 7. The van der Waals surface area contributed by atoms with Crippen molar-refractivity contribution < 1.29 is 9.47 Å². The lowest BCUT2D eigenvalue weighted by molar-refractivity contribution is 0.261. The van der Waals surface area contributed by atoms with Crippen molar-refractivity contribution in [2.24, 2.45) is 0 Å². The van der Waals surface area contributed by atoms with Crippen LogP contribution >= 0.6 is 0 Å². The van der Waals surface area contributed by atoms with Gasteiger partial charge in [-0.15, -0.1) is 0 Å². The molecule has 0 fully saturated rings. The van der Waals surface area contributed by atoms with Crippen LogP contribution in [0.5, 0.6) is 11.5 Å². The lowest BCUT2D eigenvalue weighted by Crippen LogP contribution is -2.16. The van der Waals surface area contributed by atoms with Gasteiger partial charge in [-0.05, 0) is 74.1 Å². The zero-order chi connectivity index (χ0) is 30.5. The van der Waals surface area contributed by atoms with Gasteiger partial charge in [0.1, 0.15) is 23.7 Å². The summed E-state index contributed by atoms with van der Waals surface area (Å²) in [5.74, 6) is 1.81. The molecule has 7 aromatic carbocycles. The predicted octanol–water partition coefficient (Wildman–Crippen LogP) is 11.3. The van der Waals surface area contributed by atoms with Gasteiger partial charge in [0.05, 0.1) is 0 Å². The number of hydrogen-bond acceptors (Lipinski definition) is 2. The first-order valence-electron chi connectivity index (χ1n) is 15.8. The van der Waals surface area contributed by atoms with Crippen LogP contribution < -0.4 is 9.47 Å². The minimum Gasteiger partial charge on any atom is -0.480 e. The summed E-state index contributed by atoms with van der Waals surface area (Å²) >= 11 is 0. The summed E-state index contributed by atoms with van der Waals surface area (Å²) in [7, 11) is 0. The standard InChI is InChI=1S/C44H30O2/c1-3-14-31(15-4-1)43-37(27-39-35-20-9-7-12-29(35)22-24-41(39)45-43)33-18-11-19-34(26-33)38-28-40-36-21-10-8-13-30(36)23-25-42(40)46-44(38)32-16-5-2-6-17-32/h1-28,43-44H. The highest BCUT2D eigenvalue weighted by atomic mass is 16.5. The van der Waals surface area contributed by atoms with Crippen molar-refractivity contribution in [2.75, 3.05) is 0 Å². The number of fused-ring (bicyclic) bond motifs is 6. The molecular weight excluding hydrogens is 560 g/mol. The SMILES string of the molecule is C1=C(c2cccc(C3=Cc4c(ccc5ccccc45)OC3c3ccccc3)c2)C(c2ccccc2)Oc2ccc3ccccc3c21. The van der Waals surface area contributed by atoms with E-state index in [9.17, 15) is 0 Å². The van der Waals surface area contributed by atoms with Gasteiger partial charge in [-0.25, -0.2) is 0 Å². The molecule has 2 heteroatoms. The molecule has 2 atom stereocenters. The van der Waals surface area contributed by atoms with Crippen LogP contribution in [-0.2, 0) is 0 Å². The predicted molar refractivity (Wildman–Crippen MR) is 190 cm³/mol. The van der Waals surface area contributed by atoms with Crippen LogP contribution in [0.2, 0.25) is 0 Å². The second-order valence-electron chi connectivity index (χ2n) is 12.0. The molecule has 2 aliphatic rings. The molecule has 0 aromatic heterocycles. The summed E-state index contributed by atoms with van der Waals surface area (Å²) in [6.07, 6.45) is 4.19. The summed E-state index contributed by atoms with van der Waals surface area (Å²) in [5, 5.41) is 4.79. The van der Waals surface area contributed by atoms with E-state index in [2.05, 4.69) is 170 Å². The summed E-state index contributed by atoms with van der Waals surface area (Å²) < 4.78 is 13.7. The first-order valence-corrected chi connectivity index (χ1v) is 15.8. The molecule has 0 bridgehead atoms. The maximum atomic E-state index is 6.86. The summed E-state index contributed by atoms with van der Waals surface area (Å²) in [6.45, 7) is 0. The van der Waals surface area contributed by atoms with E-state index in [1.54, 1.807) is 0 Å². The zero-order valence-corrected chi connectivity index (χ0v) is 25.1.